The van der Waals surface area contributed by atoms with Crippen LogP contribution in [-0.2, 0) is 11.2 Å². The minimum Gasteiger partial charge on any atom is -0.349 e. The van der Waals surface area contributed by atoms with E-state index in [1.165, 1.54) is 17.0 Å². The molecule has 3 aromatic rings. The van der Waals surface area contributed by atoms with Gasteiger partial charge in [-0.05, 0) is 53.8 Å². The van der Waals surface area contributed by atoms with Gasteiger partial charge in [-0.3, -0.25) is 9.59 Å². The Balaban J connectivity index is 1.14. The molecule has 194 valence electrons. The third kappa shape index (κ3) is 6.22. The fourth-order valence-corrected chi connectivity index (χ4v) is 6.53. The fourth-order valence-electron chi connectivity index (χ4n) is 5.58. The second-order valence-corrected chi connectivity index (χ2v) is 11.4. The third-order valence-electron chi connectivity index (χ3n) is 7.48. The number of aryl methyl sites for hydroxylation is 1. The van der Waals surface area contributed by atoms with E-state index in [0.717, 1.165) is 38.0 Å². The molecule has 1 aromatic heterocycles. The Labute approximate surface area is 226 Å². The smallest absolute Gasteiger partial charge is 0.258 e. The molecule has 37 heavy (non-hydrogen) atoms. The quantitative estimate of drug-likeness (QED) is 0.395. The molecule has 5 nitrogen and oxygen atoms in total. The predicted molar refractivity (Wildman–Crippen MR) is 145 cm³/mol. The maximum Gasteiger partial charge on any atom is 0.258 e. The third-order valence-corrected chi connectivity index (χ3v) is 8.73. The van der Waals surface area contributed by atoms with Gasteiger partial charge >= 0.3 is 0 Å². The van der Waals surface area contributed by atoms with Gasteiger partial charge in [0, 0.05) is 44.0 Å². The summed E-state index contributed by atoms with van der Waals surface area (Å²) >= 11 is 7.81. The van der Waals surface area contributed by atoms with E-state index in [9.17, 15) is 14.0 Å². The molecule has 0 radical (unpaired) electrons. The van der Waals surface area contributed by atoms with E-state index in [0.29, 0.717) is 31.3 Å². The molecule has 2 amide bonds. The van der Waals surface area contributed by atoms with Crippen LogP contribution in [0.25, 0.3) is 0 Å². The number of halogens is 2. The van der Waals surface area contributed by atoms with Gasteiger partial charge in [0.05, 0.1) is 16.6 Å². The van der Waals surface area contributed by atoms with Gasteiger partial charge in [-0.2, -0.15) is 0 Å². The highest BCUT2D eigenvalue weighted by atomic mass is 35.5. The summed E-state index contributed by atoms with van der Waals surface area (Å²) in [5.74, 6) is -0.0874. The molecule has 2 aromatic carbocycles. The van der Waals surface area contributed by atoms with Gasteiger partial charge in [-0.25, -0.2) is 4.39 Å². The van der Waals surface area contributed by atoms with Crippen LogP contribution in [0, 0.1) is 17.7 Å². The normalized spacial score (nSPS) is 20.1. The summed E-state index contributed by atoms with van der Waals surface area (Å²) in [5.41, 5.74) is 1.09. The molecule has 0 saturated carbocycles. The van der Waals surface area contributed by atoms with Crippen LogP contribution >= 0.6 is 22.9 Å². The first-order valence-electron chi connectivity index (χ1n) is 12.8. The van der Waals surface area contributed by atoms with E-state index in [2.05, 4.69) is 28.4 Å². The molecule has 0 bridgehead atoms. The maximum absolute atomic E-state index is 14.3. The Morgan fingerprint density at radius 3 is 2.43 bits per heavy atom. The number of benzene rings is 2. The van der Waals surface area contributed by atoms with Gasteiger partial charge in [-0.15, -0.1) is 11.3 Å². The Kier molecular flexibility index (Phi) is 8.23. The molecule has 2 saturated heterocycles. The SMILES string of the molecule is O=C(CCc1cccs1)NC(CCN1CC2CN(C(=O)c3c(F)cccc3Cl)CC2C1)c1ccccc1. The molecule has 8 heteroatoms. The molecule has 5 rings (SSSR count). The van der Waals surface area contributed by atoms with E-state index in [1.807, 2.05) is 29.6 Å². The number of hydrogen-bond donors (Lipinski definition) is 1. The number of carbonyl (C=O) groups is 2. The number of likely N-dealkylation sites (tertiary alicyclic amines) is 2. The van der Waals surface area contributed by atoms with Crippen LogP contribution in [0.2, 0.25) is 5.02 Å². The predicted octanol–water partition coefficient (Wildman–Crippen LogP) is 5.42. The molecular weight excluding hydrogens is 509 g/mol. The first-order valence-corrected chi connectivity index (χ1v) is 14.1. The van der Waals surface area contributed by atoms with E-state index >= 15 is 0 Å². The van der Waals surface area contributed by atoms with E-state index in [-0.39, 0.29) is 28.4 Å². The van der Waals surface area contributed by atoms with Crippen molar-refractivity contribution >= 4 is 34.8 Å². The zero-order valence-corrected chi connectivity index (χ0v) is 22.2. The summed E-state index contributed by atoms with van der Waals surface area (Å²) in [6.07, 6.45) is 2.06. The zero-order valence-electron chi connectivity index (χ0n) is 20.6. The van der Waals surface area contributed by atoms with Crippen LogP contribution in [0.15, 0.2) is 66.0 Å². The summed E-state index contributed by atoms with van der Waals surface area (Å²) in [6, 6.07) is 18.5. The van der Waals surface area contributed by atoms with Crippen molar-refractivity contribution in [3.8, 4) is 0 Å². The van der Waals surface area contributed by atoms with Gasteiger partial charge in [0.25, 0.3) is 5.91 Å². The van der Waals surface area contributed by atoms with Crippen molar-refractivity contribution in [2.75, 3.05) is 32.7 Å². The molecule has 3 atom stereocenters. The number of amides is 2. The van der Waals surface area contributed by atoms with Crippen molar-refractivity contribution in [2.45, 2.75) is 25.3 Å². The lowest BCUT2D eigenvalue weighted by Gasteiger charge is -2.25. The van der Waals surface area contributed by atoms with Crippen molar-refractivity contribution in [1.82, 2.24) is 15.1 Å². The molecule has 2 aliphatic rings. The van der Waals surface area contributed by atoms with Crippen LogP contribution in [0.3, 0.4) is 0 Å². The van der Waals surface area contributed by atoms with Crippen molar-refractivity contribution in [3.63, 3.8) is 0 Å². The molecule has 2 fully saturated rings. The zero-order chi connectivity index (χ0) is 25.8. The molecular formula is C29H31ClFN3O2S. The number of hydrogen-bond acceptors (Lipinski definition) is 4. The van der Waals surface area contributed by atoms with Crippen LogP contribution in [0.4, 0.5) is 4.39 Å². The number of rotatable bonds is 9. The Hall–Kier alpha value is -2.74. The lowest BCUT2D eigenvalue weighted by molar-refractivity contribution is -0.121. The van der Waals surface area contributed by atoms with Crippen molar-refractivity contribution in [2.24, 2.45) is 11.8 Å². The highest BCUT2D eigenvalue weighted by Gasteiger charge is 2.42. The summed E-state index contributed by atoms with van der Waals surface area (Å²) < 4.78 is 14.3. The number of nitrogens with one attached hydrogen (secondary N) is 1. The van der Waals surface area contributed by atoms with Crippen molar-refractivity contribution in [1.29, 1.82) is 0 Å². The second kappa shape index (κ2) is 11.8. The van der Waals surface area contributed by atoms with Gasteiger partial charge < -0.3 is 15.1 Å². The minimum atomic E-state index is -0.569. The first kappa shape index (κ1) is 25.9. The number of nitrogens with zero attached hydrogens (tertiary/aromatic N) is 2. The lowest BCUT2D eigenvalue weighted by atomic mass is 10.0. The van der Waals surface area contributed by atoms with E-state index < -0.39 is 5.82 Å². The Bertz CT molecular complexity index is 1190. The van der Waals surface area contributed by atoms with Crippen LogP contribution in [-0.4, -0.2) is 54.3 Å². The fraction of sp³-hybridized carbons (Fsp3) is 0.379. The number of fused-ring (bicyclic) bond motifs is 1. The summed E-state index contributed by atoms with van der Waals surface area (Å²) in [5, 5.41) is 5.46. The molecule has 0 aliphatic carbocycles. The standard InChI is InChI=1S/C29H31ClFN3O2S/c30-24-9-4-10-25(31)28(24)29(36)34-18-21-16-33(17-22(21)19-34)14-13-26(20-6-2-1-3-7-20)32-27(35)12-11-23-8-5-15-37-23/h1-10,15,21-22,26H,11-14,16-19H2,(H,32,35). The van der Waals surface area contributed by atoms with Crippen LogP contribution in [0.1, 0.15) is 39.7 Å². The van der Waals surface area contributed by atoms with Crippen LogP contribution < -0.4 is 5.32 Å². The molecule has 0 spiro atoms. The first-order chi connectivity index (χ1) is 18.0. The largest absolute Gasteiger partial charge is 0.349 e. The molecule has 3 unspecified atom stereocenters. The summed E-state index contributed by atoms with van der Waals surface area (Å²) in [4.78, 5) is 31.1. The summed E-state index contributed by atoms with van der Waals surface area (Å²) in [7, 11) is 0. The summed E-state index contributed by atoms with van der Waals surface area (Å²) in [6.45, 7) is 3.89. The lowest BCUT2D eigenvalue weighted by Crippen LogP contribution is -2.35. The highest BCUT2D eigenvalue weighted by molar-refractivity contribution is 7.09. The molecule has 2 aliphatic heterocycles. The topological polar surface area (TPSA) is 52.7 Å². The average Bonchev–Trinajstić information content (AvgIpc) is 3.63. The highest BCUT2D eigenvalue weighted by Crippen LogP contribution is 2.33. The van der Waals surface area contributed by atoms with E-state index in [1.54, 1.807) is 22.3 Å². The molecule has 1 N–H and O–H groups in total. The molecule has 3 heterocycles. The minimum absolute atomic E-state index is 0.0264. The van der Waals surface area contributed by atoms with Gasteiger partial charge in [0.2, 0.25) is 5.91 Å². The Morgan fingerprint density at radius 1 is 1.00 bits per heavy atom. The Morgan fingerprint density at radius 2 is 1.76 bits per heavy atom. The number of carbonyl (C=O) groups excluding carboxylic acids is 2. The van der Waals surface area contributed by atoms with Crippen LogP contribution in [0.5, 0.6) is 0 Å². The monoisotopic (exact) mass is 539 g/mol. The number of thiophene rings is 1. The van der Waals surface area contributed by atoms with Gasteiger partial charge in [-0.1, -0.05) is 54.1 Å². The van der Waals surface area contributed by atoms with Gasteiger partial charge in [0.15, 0.2) is 0 Å². The van der Waals surface area contributed by atoms with Gasteiger partial charge in [0.1, 0.15) is 5.82 Å². The van der Waals surface area contributed by atoms with Crippen molar-refractivity contribution < 1.29 is 14.0 Å². The maximum atomic E-state index is 14.3. The van der Waals surface area contributed by atoms with E-state index in [4.69, 9.17) is 11.6 Å². The van der Waals surface area contributed by atoms with Crippen molar-refractivity contribution in [3.05, 3.63) is 92.9 Å². The second-order valence-electron chi connectivity index (χ2n) is 9.99. The average molecular weight is 540 g/mol.